The number of anilines is 3. The van der Waals surface area contributed by atoms with E-state index in [9.17, 15) is 0 Å². The van der Waals surface area contributed by atoms with Crippen LogP contribution in [0.5, 0.6) is 5.75 Å². The minimum atomic E-state index is 0.573. The Morgan fingerprint density at radius 3 is 2.50 bits per heavy atom. The van der Waals surface area contributed by atoms with Crippen LogP contribution in [0.4, 0.5) is 17.5 Å². The number of benzene rings is 2. The Morgan fingerprint density at radius 2 is 1.71 bits per heavy atom. The van der Waals surface area contributed by atoms with Crippen LogP contribution >= 0.6 is 0 Å². The highest BCUT2D eigenvalue weighted by molar-refractivity contribution is 5.55. The summed E-state index contributed by atoms with van der Waals surface area (Å²) in [4.78, 5) is 8.96. The SMILES string of the molecule is COc1ccccc1CNc1cc(C)nc(Nc2ccccc2)n1. The largest absolute Gasteiger partial charge is 0.496 e. The van der Waals surface area contributed by atoms with Crippen LogP contribution in [0, 0.1) is 6.92 Å². The van der Waals surface area contributed by atoms with Crippen LogP contribution in [0.1, 0.15) is 11.3 Å². The topological polar surface area (TPSA) is 59.1 Å². The Bertz CT molecular complexity index is 805. The number of nitrogens with zero attached hydrogens (tertiary/aromatic N) is 2. The average Bonchev–Trinajstić information content (AvgIpc) is 2.60. The summed E-state index contributed by atoms with van der Waals surface area (Å²) in [6.07, 6.45) is 0. The van der Waals surface area contributed by atoms with E-state index in [2.05, 4.69) is 20.6 Å². The number of hydrogen-bond acceptors (Lipinski definition) is 5. The van der Waals surface area contributed by atoms with Crippen molar-refractivity contribution >= 4 is 17.5 Å². The molecule has 3 aromatic rings. The van der Waals surface area contributed by atoms with Crippen LogP contribution in [-0.2, 0) is 6.54 Å². The normalized spacial score (nSPS) is 10.2. The monoisotopic (exact) mass is 320 g/mol. The maximum Gasteiger partial charge on any atom is 0.229 e. The minimum absolute atomic E-state index is 0.573. The maximum atomic E-state index is 5.38. The van der Waals surface area contributed by atoms with Crippen molar-refractivity contribution in [2.75, 3.05) is 17.7 Å². The molecule has 5 heteroatoms. The van der Waals surface area contributed by atoms with Gasteiger partial charge in [0.1, 0.15) is 11.6 Å². The first-order valence-corrected chi connectivity index (χ1v) is 7.78. The molecule has 2 N–H and O–H groups in total. The highest BCUT2D eigenvalue weighted by Gasteiger charge is 2.05. The summed E-state index contributed by atoms with van der Waals surface area (Å²) in [5, 5.41) is 6.55. The minimum Gasteiger partial charge on any atom is -0.496 e. The molecule has 0 unspecified atom stereocenters. The summed E-state index contributed by atoms with van der Waals surface area (Å²) < 4.78 is 5.38. The molecule has 0 fully saturated rings. The molecule has 5 nitrogen and oxygen atoms in total. The van der Waals surface area contributed by atoms with Crippen LogP contribution in [0.2, 0.25) is 0 Å². The number of methoxy groups -OCH3 is 1. The van der Waals surface area contributed by atoms with Crippen molar-refractivity contribution in [1.29, 1.82) is 0 Å². The van der Waals surface area contributed by atoms with Gasteiger partial charge in [0, 0.05) is 29.6 Å². The highest BCUT2D eigenvalue weighted by Crippen LogP contribution is 2.20. The van der Waals surface area contributed by atoms with Crippen LogP contribution in [0.25, 0.3) is 0 Å². The van der Waals surface area contributed by atoms with Gasteiger partial charge in [-0.05, 0) is 25.1 Å². The molecule has 122 valence electrons. The lowest BCUT2D eigenvalue weighted by Gasteiger charge is -2.12. The van der Waals surface area contributed by atoms with Crippen LogP contribution in [0.15, 0.2) is 60.7 Å². The van der Waals surface area contributed by atoms with Gasteiger partial charge in [0.05, 0.1) is 7.11 Å². The van der Waals surface area contributed by atoms with Crippen molar-refractivity contribution in [3.63, 3.8) is 0 Å². The van der Waals surface area contributed by atoms with Crippen molar-refractivity contribution in [2.24, 2.45) is 0 Å². The molecule has 0 atom stereocenters. The van der Waals surface area contributed by atoms with E-state index in [-0.39, 0.29) is 0 Å². The average molecular weight is 320 g/mol. The fraction of sp³-hybridized carbons (Fsp3) is 0.158. The van der Waals surface area contributed by atoms with Crippen molar-refractivity contribution in [2.45, 2.75) is 13.5 Å². The summed E-state index contributed by atoms with van der Waals surface area (Å²) in [6, 6.07) is 19.7. The molecule has 0 aliphatic heterocycles. The molecule has 2 aromatic carbocycles. The van der Waals surface area contributed by atoms with Gasteiger partial charge in [-0.2, -0.15) is 4.98 Å². The van der Waals surface area contributed by atoms with Crippen molar-refractivity contribution < 1.29 is 4.74 Å². The molecular weight excluding hydrogens is 300 g/mol. The Kier molecular flexibility index (Phi) is 4.91. The quantitative estimate of drug-likeness (QED) is 0.714. The van der Waals surface area contributed by atoms with Gasteiger partial charge in [-0.15, -0.1) is 0 Å². The molecule has 0 aliphatic rings. The van der Waals surface area contributed by atoms with Gasteiger partial charge in [0.15, 0.2) is 0 Å². The number of para-hydroxylation sites is 2. The third kappa shape index (κ3) is 4.01. The Balaban J connectivity index is 1.74. The Hall–Kier alpha value is -3.08. The fourth-order valence-corrected chi connectivity index (χ4v) is 2.40. The maximum absolute atomic E-state index is 5.38. The summed E-state index contributed by atoms with van der Waals surface area (Å²) in [6.45, 7) is 2.58. The first-order valence-electron chi connectivity index (χ1n) is 7.78. The van der Waals surface area contributed by atoms with E-state index in [4.69, 9.17) is 4.74 Å². The van der Waals surface area contributed by atoms with Gasteiger partial charge in [-0.1, -0.05) is 36.4 Å². The number of rotatable bonds is 6. The lowest BCUT2D eigenvalue weighted by molar-refractivity contribution is 0.410. The molecule has 1 heterocycles. The first kappa shape index (κ1) is 15.8. The third-order valence-corrected chi connectivity index (χ3v) is 3.54. The fourth-order valence-electron chi connectivity index (χ4n) is 2.40. The van der Waals surface area contributed by atoms with Crippen LogP contribution < -0.4 is 15.4 Å². The van der Waals surface area contributed by atoms with E-state index >= 15 is 0 Å². The molecule has 24 heavy (non-hydrogen) atoms. The van der Waals surface area contributed by atoms with Gasteiger partial charge in [0.2, 0.25) is 5.95 Å². The van der Waals surface area contributed by atoms with Gasteiger partial charge >= 0.3 is 0 Å². The van der Waals surface area contributed by atoms with E-state index in [0.29, 0.717) is 12.5 Å². The number of aromatic nitrogens is 2. The third-order valence-electron chi connectivity index (χ3n) is 3.54. The van der Waals surface area contributed by atoms with E-state index < -0.39 is 0 Å². The molecule has 0 saturated heterocycles. The van der Waals surface area contributed by atoms with E-state index in [1.165, 1.54) is 0 Å². The zero-order valence-corrected chi connectivity index (χ0v) is 13.8. The standard InChI is InChI=1S/C19H20N4O/c1-14-12-18(20-13-15-8-6-7-11-17(15)24-2)23-19(21-14)22-16-9-4-3-5-10-16/h3-12H,13H2,1-2H3,(H2,20,21,22,23). The van der Waals surface area contributed by atoms with Crippen LogP contribution in [-0.4, -0.2) is 17.1 Å². The number of ether oxygens (including phenoxy) is 1. The summed E-state index contributed by atoms with van der Waals surface area (Å²) >= 11 is 0. The van der Waals surface area contributed by atoms with E-state index in [1.54, 1.807) is 7.11 Å². The van der Waals surface area contributed by atoms with Gasteiger partial charge < -0.3 is 15.4 Å². The number of hydrogen-bond donors (Lipinski definition) is 2. The predicted octanol–water partition coefficient (Wildman–Crippen LogP) is 4.15. The zero-order valence-electron chi connectivity index (χ0n) is 13.8. The lowest BCUT2D eigenvalue weighted by Crippen LogP contribution is -2.06. The molecule has 3 rings (SSSR count). The number of aryl methyl sites for hydroxylation is 1. The van der Waals surface area contributed by atoms with Crippen molar-refractivity contribution in [1.82, 2.24) is 9.97 Å². The van der Waals surface area contributed by atoms with Gasteiger partial charge in [-0.25, -0.2) is 4.98 Å². The second-order valence-corrected chi connectivity index (χ2v) is 5.37. The summed E-state index contributed by atoms with van der Waals surface area (Å²) in [7, 11) is 1.68. The van der Waals surface area contributed by atoms with Gasteiger partial charge in [0.25, 0.3) is 0 Å². The highest BCUT2D eigenvalue weighted by atomic mass is 16.5. The van der Waals surface area contributed by atoms with Gasteiger partial charge in [-0.3, -0.25) is 0 Å². The number of nitrogens with one attached hydrogen (secondary N) is 2. The molecule has 1 aromatic heterocycles. The van der Waals surface area contributed by atoms with E-state index in [1.807, 2.05) is 67.6 Å². The molecule has 0 saturated carbocycles. The van der Waals surface area contributed by atoms with Crippen molar-refractivity contribution in [3.8, 4) is 5.75 Å². The second kappa shape index (κ2) is 7.46. The Morgan fingerprint density at radius 1 is 0.958 bits per heavy atom. The van der Waals surface area contributed by atoms with Crippen molar-refractivity contribution in [3.05, 3.63) is 71.9 Å². The Labute approximate surface area is 141 Å². The summed E-state index contributed by atoms with van der Waals surface area (Å²) in [5.74, 6) is 2.20. The second-order valence-electron chi connectivity index (χ2n) is 5.37. The van der Waals surface area contributed by atoms with Crippen LogP contribution in [0.3, 0.4) is 0 Å². The smallest absolute Gasteiger partial charge is 0.229 e. The molecule has 0 aliphatic carbocycles. The lowest BCUT2D eigenvalue weighted by atomic mass is 10.2. The van der Waals surface area contributed by atoms with E-state index in [0.717, 1.165) is 28.5 Å². The zero-order chi connectivity index (χ0) is 16.8. The summed E-state index contributed by atoms with van der Waals surface area (Å²) in [5.41, 5.74) is 2.93. The predicted molar refractivity (Wildman–Crippen MR) is 96.8 cm³/mol. The molecule has 0 bridgehead atoms. The molecule has 0 radical (unpaired) electrons. The molecular formula is C19H20N4O. The first-order chi connectivity index (χ1) is 11.7. The molecule has 0 amide bonds. The molecule has 0 spiro atoms.